The molecule has 1 fully saturated rings. The Labute approximate surface area is 176 Å². The van der Waals surface area contributed by atoms with Crippen molar-refractivity contribution in [1.29, 1.82) is 0 Å². The summed E-state index contributed by atoms with van der Waals surface area (Å²) in [5.74, 6) is 1.86. The number of anilines is 1. The van der Waals surface area contributed by atoms with E-state index in [4.69, 9.17) is 4.74 Å². The van der Waals surface area contributed by atoms with Crippen molar-refractivity contribution in [2.24, 2.45) is 4.99 Å². The summed E-state index contributed by atoms with van der Waals surface area (Å²) in [5, 5.41) is 6.84. The lowest BCUT2D eigenvalue weighted by Gasteiger charge is -2.32. The van der Waals surface area contributed by atoms with Gasteiger partial charge in [-0.15, -0.1) is 0 Å². The Hall–Kier alpha value is -1.86. The zero-order valence-corrected chi connectivity index (χ0v) is 19.1. The van der Waals surface area contributed by atoms with Crippen LogP contribution in [0.15, 0.2) is 23.3 Å². The highest BCUT2D eigenvalue weighted by atomic mass is 16.5. The van der Waals surface area contributed by atoms with E-state index in [1.807, 2.05) is 13.2 Å². The zero-order valence-electron chi connectivity index (χ0n) is 19.1. The molecule has 1 saturated heterocycles. The molecular formula is C22H40N6O. The van der Waals surface area contributed by atoms with E-state index in [9.17, 15) is 0 Å². The van der Waals surface area contributed by atoms with E-state index in [1.54, 1.807) is 0 Å². The second kappa shape index (κ2) is 12.0. The maximum absolute atomic E-state index is 5.63. The van der Waals surface area contributed by atoms with Gasteiger partial charge in [0.15, 0.2) is 5.96 Å². The van der Waals surface area contributed by atoms with Crippen LogP contribution in [0.5, 0.6) is 0 Å². The molecule has 0 radical (unpaired) electrons. The van der Waals surface area contributed by atoms with Crippen LogP contribution in [-0.4, -0.2) is 73.9 Å². The Morgan fingerprint density at radius 2 is 2.07 bits per heavy atom. The summed E-state index contributed by atoms with van der Waals surface area (Å²) in [5.41, 5.74) is 1.20. The van der Waals surface area contributed by atoms with Crippen molar-refractivity contribution >= 4 is 11.8 Å². The summed E-state index contributed by atoms with van der Waals surface area (Å²) in [6.07, 6.45) is 3.22. The maximum Gasteiger partial charge on any atom is 0.191 e. The molecule has 29 heavy (non-hydrogen) atoms. The number of nitrogens with one attached hydrogen (secondary N) is 2. The van der Waals surface area contributed by atoms with E-state index in [0.717, 1.165) is 57.5 Å². The molecule has 1 aromatic rings. The topological polar surface area (TPSA) is 65.0 Å². The van der Waals surface area contributed by atoms with Crippen LogP contribution in [0.4, 0.5) is 5.82 Å². The highest BCUT2D eigenvalue weighted by molar-refractivity contribution is 5.79. The van der Waals surface area contributed by atoms with Gasteiger partial charge in [0.05, 0.1) is 12.7 Å². The van der Waals surface area contributed by atoms with Gasteiger partial charge in [-0.25, -0.2) is 4.98 Å². The zero-order chi connectivity index (χ0) is 21.2. The Kier molecular flexibility index (Phi) is 9.67. The van der Waals surface area contributed by atoms with E-state index in [2.05, 4.69) is 77.2 Å². The van der Waals surface area contributed by atoms with Crippen molar-refractivity contribution in [3.8, 4) is 0 Å². The minimum Gasteiger partial charge on any atom is -0.375 e. The van der Waals surface area contributed by atoms with E-state index in [1.165, 1.54) is 5.56 Å². The average Bonchev–Trinajstić information content (AvgIpc) is 2.69. The van der Waals surface area contributed by atoms with E-state index < -0.39 is 0 Å². The number of guanidine groups is 1. The predicted molar refractivity (Wildman–Crippen MR) is 122 cm³/mol. The van der Waals surface area contributed by atoms with Gasteiger partial charge in [-0.2, -0.15) is 0 Å². The first kappa shape index (κ1) is 23.4. The standard InChI is InChI=1S/C22H40N6O/c1-17(2)28(18(3)4)11-7-9-25-22(23-6)26-15-20-8-10-24-21(14-20)27-12-13-29-19(5)16-27/h8,10,14,17-19H,7,9,11-13,15-16H2,1-6H3,(H2,23,25,26). The molecule has 0 saturated carbocycles. The number of rotatable bonds is 9. The summed E-state index contributed by atoms with van der Waals surface area (Å²) in [7, 11) is 1.82. The van der Waals surface area contributed by atoms with Gasteiger partial charge in [0, 0.05) is 58.1 Å². The molecule has 164 valence electrons. The van der Waals surface area contributed by atoms with Crippen molar-refractivity contribution in [2.75, 3.05) is 44.7 Å². The first-order valence-electron chi connectivity index (χ1n) is 10.9. The van der Waals surface area contributed by atoms with Crippen molar-refractivity contribution in [3.05, 3.63) is 23.9 Å². The van der Waals surface area contributed by atoms with Gasteiger partial charge in [-0.3, -0.25) is 9.89 Å². The predicted octanol–water partition coefficient (Wildman–Crippen LogP) is 2.48. The Morgan fingerprint density at radius 1 is 1.31 bits per heavy atom. The lowest BCUT2D eigenvalue weighted by molar-refractivity contribution is 0.0529. The third kappa shape index (κ3) is 7.82. The Bertz CT molecular complexity index is 625. The first-order chi connectivity index (χ1) is 13.9. The van der Waals surface area contributed by atoms with Gasteiger partial charge in [-0.1, -0.05) is 0 Å². The fraction of sp³-hybridized carbons (Fsp3) is 0.727. The van der Waals surface area contributed by atoms with Crippen LogP contribution in [0, 0.1) is 0 Å². The average molecular weight is 405 g/mol. The van der Waals surface area contributed by atoms with Crippen molar-refractivity contribution in [1.82, 2.24) is 20.5 Å². The van der Waals surface area contributed by atoms with Crippen LogP contribution in [-0.2, 0) is 11.3 Å². The van der Waals surface area contributed by atoms with Crippen LogP contribution >= 0.6 is 0 Å². The fourth-order valence-corrected chi connectivity index (χ4v) is 3.76. The molecule has 1 aliphatic heterocycles. The Morgan fingerprint density at radius 3 is 2.72 bits per heavy atom. The molecule has 1 aromatic heterocycles. The molecule has 2 N–H and O–H groups in total. The number of aliphatic imine (C=N–C) groups is 1. The van der Waals surface area contributed by atoms with Crippen LogP contribution in [0.1, 0.15) is 46.6 Å². The van der Waals surface area contributed by atoms with Crippen LogP contribution in [0.25, 0.3) is 0 Å². The molecule has 1 atom stereocenters. The fourth-order valence-electron chi connectivity index (χ4n) is 3.76. The van der Waals surface area contributed by atoms with E-state index in [0.29, 0.717) is 12.1 Å². The van der Waals surface area contributed by atoms with Gasteiger partial charge >= 0.3 is 0 Å². The van der Waals surface area contributed by atoms with Crippen LogP contribution in [0.3, 0.4) is 0 Å². The molecule has 0 aliphatic carbocycles. The van der Waals surface area contributed by atoms with Crippen LogP contribution < -0.4 is 15.5 Å². The highest BCUT2D eigenvalue weighted by Gasteiger charge is 2.18. The van der Waals surface area contributed by atoms with Crippen molar-refractivity contribution in [2.45, 2.75) is 65.8 Å². The quantitative estimate of drug-likeness (QED) is 0.375. The molecule has 0 bridgehead atoms. The minimum absolute atomic E-state index is 0.248. The van der Waals surface area contributed by atoms with Crippen LogP contribution in [0.2, 0.25) is 0 Å². The number of aromatic nitrogens is 1. The van der Waals surface area contributed by atoms with Gasteiger partial charge in [0.25, 0.3) is 0 Å². The second-order valence-electron chi connectivity index (χ2n) is 8.28. The summed E-state index contributed by atoms with van der Waals surface area (Å²) in [6, 6.07) is 5.35. The van der Waals surface area contributed by atoms with Gasteiger partial charge in [0.1, 0.15) is 5.82 Å². The van der Waals surface area contributed by atoms with Crippen molar-refractivity contribution in [3.63, 3.8) is 0 Å². The molecular weight excluding hydrogens is 364 g/mol. The monoisotopic (exact) mass is 404 g/mol. The van der Waals surface area contributed by atoms with Gasteiger partial charge in [0.2, 0.25) is 0 Å². The molecule has 0 amide bonds. The number of hydrogen-bond donors (Lipinski definition) is 2. The second-order valence-corrected chi connectivity index (χ2v) is 8.28. The third-order valence-corrected chi connectivity index (χ3v) is 5.27. The normalized spacial score (nSPS) is 18.0. The lowest BCUT2D eigenvalue weighted by Crippen LogP contribution is -2.42. The smallest absolute Gasteiger partial charge is 0.191 e. The first-order valence-corrected chi connectivity index (χ1v) is 10.9. The summed E-state index contributed by atoms with van der Waals surface area (Å²) < 4.78 is 5.63. The minimum atomic E-state index is 0.248. The van der Waals surface area contributed by atoms with Gasteiger partial charge in [-0.05, 0) is 58.7 Å². The summed E-state index contributed by atoms with van der Waals surface area (Å²) >= 11 is 0. The number of morpholine rings is 1. The summed E-state index contributed by atoms with van der Waals surface area (Å²) in [4.78, 5) is 13.7. The molecule has 2 rings (SSSR count). The molecule has 1 unspecified atom stereocenters. The van der Waals surface area contributed by atoms with E-state index >= 15 is 0 Å². The lowest BCUT2D eigenvalue weighted by atomic mass is 10.2. The number of nitrogens with zero attached hydrogens (tertiary/aromatic N) is 4. The largest absolute Gasteiger partial charge is 0.375 e. The molecule has 1 aliphatic rings. The van der Waals surface area contributed by atoms with E-state index in [-0.39, 0.29) is 6.10 Å². The maximum atomic E-state index is 5.63. The summed E-state index contributed by atoms with van der Waals surface area (Å²) in [6.45, 7) is 16.4. The third-order valence-electron chi connectivity index (χ3n) is 5.27. The highest BCUT2D eigenvalue weighted by Crippen LogP contribution is 2.16. The number of hydrogen-bond acceptors (Lipinski definition) is 5. The Balaban J connectivity index is 1.78. The molecule has 7 nitrogen and oxygen atoms in total. The molecule has 0 aromatic carbocycles. The number of ether oxygens (including phenoxy) is 1. The number of pyridine rings is 1. The molecule has 2 heterocycles. The van der Waals surface area contributed by atoms with Crippen molar-refractivity contribution < 1.29 is 4.74 Å². The molecule has 7 heteroatoms. The SMILES string of the molecule is CN=C(NCCCN(C(C)C)C(C)C)NCc1ccnc(N2CCOC(C)C2)c1. The van der Waals surface area contributed by atoms with Gasteiger partial charge < -0.3 is 20.3 Å². The molecule has 0 spiro atoms.